The highest BCUT2D eigenvalue weighted by atomic mass is 16.5. The fourth-order valence-corrected chi connectivity index (χ4v) is 3.98. The highest BCUT2D eigenvalue weighted by Gasteiger charge is 2.29. The maximum absolute atomic E-state index is 13.5. The van der Waals surface area contributed by atoms with Gasteiger partial charge >= 0.3 is 0 Å². The fourth-order valence-electron chi connectivity index (χ4n) is 3.98. The summed E-state index contributed by atoms with van der Waals surface area (Å²) in [6.45, 7) is 2.16. The Bertz CT molecular complexity index is 1330. The first-order valence-corrected chi connectivity index (χ1v) is 10.9. The first-order chi connectivity index (χ1) is 16.6. The van der Waals surface area contributed by atoms with Gasteiger partial charge in [0.25, 0.3) is 11.8 Å². The second-order valence-electron chi connectivity index (χ2n) is 7.82. The standard InChI is InChI=1S/C25H23N5O4/c1-33-18-7-4-6-17(16-18)23(31)28-21-19-8-2-3-9-20(19)34-22(21)24(32)29-12-14-30(15-13-29)25-26-10-5-11-27-25/h2-11,16H,12-15H2,1H3,(H,28,31). The number of methoxy groups -OCH3 is 1. The van der Waals surface area contributed by atoms with Gasteiger partial charge in [-0.2, -0.15) is 0 Å². The molecule has 2 aromatic heterocycles. The Labute approximate surface area is 196 Å². The lowest BCUT2D eigenvalue weighted by atomic mass is 10.1. The molecule has 172 valence electrons. The summed E-state index contributed by atoms with van der Waals surface area (Å²) in [5.74, 6) is 0.698. The van der Waals surface area contributed by atoms with Crippen LogP contribution in [0.1, 0.15) is 20.9 Å². The van der Waals surface area contributed by atoms with Gasteiger partial charge < -0.3 is 24.3 Å². The average molecular weight is 457 g/mol. The van der Waals surface area contributed by atoms with E-state index in [1.807, 2.05) is 23.1 Å². The Hall–Kier alpha value is -4.40. The van der Waals surface area contributed by atoms with Crippen molar-refractivity contribution in [1.29, 1.82) is 0 Å². The van der Waals surface area contributed by atoms with Crippen LogP contribution in [0, 0.1) is 0 Å². The molecule has 4 aromatic rings. The van der Waals surface area contributed by atoms with Gasteiger partial charge in [-0.15, -0.1) is 0 Å². The van der Waals surface area contributed by atoms with Crippen LogP contribution in [-0.2, 0) is 0 Å². The summed E-state index contributed by atoms with van der Waals surface area (Å²) in [6.07, 6.45) is 3.40. The number of ether oxygens (including phenoxy) is 1. The number of carbonyl (C=O) groups excluding carboxylic acids is 2. The monoisotopic (exact) mass is 457 g/mol. The van der Waals surface area contributed by atoms with Crippen LogP contribution in [-0.4, -0.2) is 60.0 Å². The Kier molecular flexibility index (Phi) is 5.82. The van der Waals surface area contributed by atoms with Crippen molar-refractivity contribution < 1.29 is 18.7 Å². The molecular weight excluding hydrogens is 434 g/mol. The quantitative estimate of drug-likeness (QED) is 0.490. The molecule has 3 heterocycles. The van der Waals surface area contributed by atoms with E-state index in [0.717, 1.165) is 0 Å². The second kappa shape index (κ2) is 9.22. The predicted molar refractivity (Wildman–Crippen MR) is 127 cm³/mol. The van der Waals surface area contributed by atoms with Gasteiger partial charge in [0.05, 0.1) is 7.11 Å². The van der Waals surface area contributed by atoms with E-state index in [4.69, 9.17) is 9.15 Å². The van der Waals surface area contributed by atoms with Crippen molar-refractivity contribution in [3.05, 3.63) is 78.3 Å². The van der Waals surface area contributed by atoms with E-state index in [2.05, 4.69) is 15.3 Å². The molecule has 1 aliphatic rings. The van der Waals surface area contributed by atoms with Crippen molar-refractivity contribution in [2.24, 2.45) is 0 Å². The number of hydrogen-bond donors (Lipinski definition) is 1. The third-order valence-corrected chi connectivity index (χ3v) is 5.76. The highest BCUT2D eigenvalue weighted by Crippen LogP contribution is 2.32. The number of aromatic nitrogens is 2. The molecule has 1 N–H and O–H groups in total. The first kappa shape index (κ1) is 21.4. The van der Waals surface area contributed by atoms with E-state index in [0.29, 0.717) is 60.1 Å². The normalized spacial score (nSPS) is 13.7. The fraction of sp³-hybridized carbons (Fsp3) is 0.200. The van der Waals surface area contributed by atoms with Gasteiger partial charge in [-0.25, -0.2) is 9.97 Å². The molecule has 0 atom stereocenters. The number of benzene rings is 2. The van der Waals surface area contributed by atoms with E-state index in [1.165, 1.54) is 0 Å². The molecular formula is C25H23N5O4. The second-order valence-corrected chi connectivity index (χ2v) is 7.82. The zero-order valence-electron chi connectivity index (χ0n) is 18.6. The molecule has 0 saturated carbocycles. The van der Waals surface area contributed by atoms with Gasteiger partial charge in [-0.05, 0) is 36.4 Å². The lowest BCUT2D eigenvalue weighted by Crippen LogP contribution is -2.49. The summed E-state index contributed by atoms with van der Waals surface area (Å²) in [5, 5.41) is 3.55. The molecule has 0 bridgehead atoms. The van der Waals surface area contributed by atoms with E-state index < -0.39 is 0 Å². The molecule has 1 aliphatic heterocycles. The van der Waals surface area contributed by atoms with Crippen LogP contribution in [0.25, 0.3) is 11.0 Å². The minimum atomic E-state index is -0.356. The third kappa shape index (κ3) is 4.15. The third-order valence-electron chi connectivity index (χ3n) is 5.76. The topological polar surface area (TPSA) is 101 Å². The lowest BCUT2D eigenvalue weighted by molar-refractivity contribution is 0.0718. The number of nitrogens with one attached hydrogen (secondary N) is 1. The van der Waals surface area contributed by atoms with E-state index in [-0.39, 0.29) is 17.6 Å². The van der Waals surface area contributed by atoms with Gasteiger partial charge in [0.15, 0.2) is 0 Å². The smallest absolute Gasteiger partial charge is 0.291 e. The molecule has 9 heteroatoms. The van der Waals surface area contributed by atoms with E-state index in [1.54, 1.807) is 60.8 Å². The van der Waals surface area contributed by atoms with E-state index in [9.17, 15) is 9.59 Å². The number of anilines is 2. The number of fused-ring (bicyclic) bond motifs is 1. The van der Waals surface area contributed by atoms with Crippen LogP contribution in [0.3, 0.4) is 0 Å². The molecule has 0 unspecified atom stereocenters. The van der Waals surface area contributed by atoms with Gasteiger partial charge in [0, 0.05) is 49.5 Å². The number of hydrogen-bond acceptors (Lipinski definition) is 7. The summed E-state index contributed by atoms with van der Waals surface area (Å²) in [5.41, 5.74) is 1.31. The molecule has 34 heavy (non-hydrogen) atoms. The summed E-state index contributed by atoms with van der Waals surface area (Å²) in [6, 6.07) is 15.9. The Morgan fingerprint density at radius 3 is 2.50 bits per heavy atom. The largest absolute Gasteiger partial charge is 0.497 e. The lowest BCUT2D eigenvalue weighted by Gasteiger charge is -2.34. The van der Waals surface area contributed by atoms with Crippen LogP contribution < -0.4 is 15.0 Å². The zero-order valence-corrected chi connectivity index (χ0v) is 18.6. The first-order valence-electron chi connectivity index (χ1n) is 10.9. The summed E-state index contributed by atoms with van der Waals surface area (Å²) < 4.78 is 11.2. The minimum absolute atomic E-state index is 0.113. The van der Waals surface area contributed by atoms with Crippen molar-refractivity contribution in [2.75, 3.05) is 43.5 Å². The van der Waals surface area contributed by atoms with E-state index >= 15 is 0 Å². The molecule has 0 aliphatic carbocycles. The number of furan rings is 1. The number of para-hydroxylation sites is 1. The summed E-state index contributed by atoms with van der Waals surface area (Å²) >= 11 is 0. The van der Waals surface area contributed by atoms with Gasteiger partial charge in [0.2, 0.25) is 11.7 Å². The number of piperazine rings is 1. The summed E-state index contributed by atoms with van der Waals surface area (Å²) in [7, 11) is 1.54. The average Bonchev–Trinajstić information content (AvgIpc) is 3.27. The molecule has 5 rings (SSSR count). The maximum atomic E-state index is 13.5. The van der Waals surface area contributed by atoms with Crippen molar-refractivity contribution in [3.8, 4) is 5.75 Å². The maximum Gasteiger partial charge on any atom is 0.291 e. The number of rotatable bonds is 5. The van der Waals surface area contributed by atoms with Gasteiger partial charge in [-0.1, -0.05) is 18.2 Å². The van der Waals surface area contributed by atoms with Crippen molar-refractivity contribution in [3.63, 3.8) is 0 Å². The zero-order chi connectivity index (χ0) is 23.5. The molecule has 0 spiro atoms. The number of amides is 2. The molecule has 1 saturated heterocycles. The van der Waals surface area contributed by atoms with Crippen molar-refractivity contribution in [1.82, 2.24) is 14.9 Å². The van der Waals surface area contributed by atoms with Crippen molar-refractivity contribution in [2.45, 2.75) is 0 Å². The Morgan fingerprint density at radius 1 is 0.971 bits per heavy atom. The van der Waals surface area contributed by atoms with Gasteiger partial charge in [0.1, 0.15) is 17.0 Å². The van der Waals surface area contributed by atoms with Crippen LogP contribution in [0.15, 0.2) is 71.4 Å². The number of nitrogens with zero attached hydrogens (tertiary/aromatic N) is 4. The summed E-state index contributed by atoms with van der Waals surface area (Å²) in [4.78, 5) is 38.8. The predicted octanol–water partition coefficient (Wildman–Crippen LogP) is 3.45. The van der Waals surface area contributed by atoms with Crippen LogP contribution in [0.2, 0.25) is 0 Å². The van der Waals surface area contributed by atoms with Crippen LogP contribution in [0.4, 0.5) is 11.6 Å². The van der Waals surface area contributed by atoms with Gasteiger partial charge in [-0.3, -0.25) is 9.59 Å². The van der Waals surface area contributed by atoms with Crippen molar-refractivity contribution >= 4 is 34.4 Å². The van der Waals surface area contributed by atoms with Crippen LogP contribution >= 0.6 is 0 Å². The Morgan fingerprint density at radius 2 is 1.74 bits per heavy atom. The molecule has 2 amide bonds. The molecule has 2 aromatic carbocycles. The highest BCUT2D eigenvalue weighted by molar-refractivity contribution is 6.14. The minimum Gasteiger partial charge on any atom is -0.497 e. The Balaban J connectivity index is 1.39. The van der Waals surface area contributed by atoms with Crippen LogP contribution in [0.5, 0.6) is 5.75 Å². The molecule has 1 fully saturated rings. The molecule has 0 radical (unpaired) electrons. The number of carbonyl (C=O) groups is 2. The SMILES string of the molecule is COc1cccc(C(=O)Nc2c(C(=O)N3CCN(c4ncccn4)CC3)oc3ccccc23)c1. The molecule has 9 nitrogen and oxygen atoms in total.